The minimum absolute atomic E-state index is 0.00567. The normalized spacial score (nSPS) is 11.2. The highest BCUT2D eigenvalue weighted by molar-refractivity contribution is 5.91. The first-order chi connectivity index (χ1) is 9.88. The summed E-state index contributed by atoms with van der Waals surface area (Å²) in [4.78, 5) is 22.7. The van der Waals surface area contributed by atoms with Crippen molar-refractivity contribution in [3.8, 4) is 0 Å². The first-order valence-electron chi connectivity index (χ1n) is 6.11. The van der Waals surface area contributed by atoms with Crippen molar-refractivity contribution in [2.45, 2.75) is 12.6 Å². The second-order valence-corrected chi connectivity index (χ2v) is 4.00. The summed E-state index contributed by atoms with van der Waals surface area (Å²) in [7, 11) is 0. The molecule has 9 heteroatoms. The summed E-state index contributed by atoms with van der Waals surface area (Å²) < 4.78 is 44.4. The van der Waals surface area contributed by atoms with E-state index in [-0.39, 0.29) is 31.9 Å². The van der Waals surface area contributed by atoms with Gasteiger partial charge in [-0.05, 0) is 12.1 Å². The second-order valence-electron chi connectivity index (χ2n) is 4.00. The summed E-state index contributed by atoms with van der Waals surface area (Å²) in [6, 6.07) is 3.04. The molecule has 118 valence electrons. The number of carbonyl (C=O) groups excluding carboxylic acids is 2. The fraction of sp³-hybridized carbons (Fsp3) is 0.500. The fourth-order valence-electron chi connectivity index (χ4n) is 1.32. The number of ether oxygens (including phenoxy) is 1. The summed E-state index contributed by atoms with van der Waals surface area (Å²) in [6.45, 7) is -1.51. The van der Waals surface area contributed by atoms with Crippen LogP contribution in [0.4, 0.5) is 13.2 Å². The zero-order valence-electron chi connectivity index (χ0n) is 11.0. The SMILES string of the molecule is O=C(CCNC(=O)c1ccco1)NCCOCC(F)(F)F. The van der Waals surface area contributed by atoms with Gasteiger partial charge in [0.1, 0.15) is 6.61 Å². The van der Waals surface area contributed by atoms with Gasteiger partial charge in [0.2, 0.25) is 5.91 Å². The molecule has 0 aromatic carbocycles. The van der Waals surface area contributed by atoms with Gasteiger partial charge in [0, 0.05) is 19.5 Å². The van der Waals surface area contributed by atoms with E-state index in [1.165, 1.54) is 12.3 Å². The third kappa shape index (κ3) is 7.98. The molecule has 0 fully saturated rings. The van der Waals surface area contributed by atoms with E-state index in [4.69, 9.17) is 4.42 Å². The number of hydrogen-bond donors (Lipinski definition) is 2. The Balaban J connectivity index is 2.03. The molecule has 1 heterocycles. The van der Waals surface area contributed by atoms with Crippen LogP contribution in [0, 0.1) is 0 Å². The summed E-state index contributed by atoms with van der Waals surface area (Å²) in [5.74, 6) is -0.706. The maximum Gasteiger partial charge on any atom is 0.411 e. The minimum Gasteiger partial charge on any atom is -0.459 e. The first-order valence-corrected chi connectivity index (χ1v) is 6.11. The van der Waals surface area contributed by atoms with Crippen LogP contribution in [0.5, 0.6) is 0 Å². The summed E-state index contributed by atoms with van der Waals surface area (Å²) >= 11 is 0. The van der Waals surface area contributed by atoms with Crippen molar-refractivity contribution in [2.24, 2.45) is 0 Å². The number of nitrogens with one attached hydrogen (secondary N) is 2. The van der Waals surface area contributed by atoms with E-state index in [1.807, 2.05) is 0 Å². The Labute approximate surface area is 118 Å². The molecule has 0 saturated carbocycles. The van der Waals surface area contributed by atoms with Gasteiger partial charge in [0.05, 0.1) is 12.9 Å². The standard InChI is InChI=1S/C12H15F3N2O4/c13-12(14,15)8-20-7-5-16-10(18)3-4-17-11(19)9-2-1-6-21-9/h1-2,6H,3-5,7-8H2,(H,16,18)(H,17,19). The number of alkyl halides is 3. The lowest BCUT2D eigenvalue weighted by atomic mass is 10.3. The molecule has 0 radical (unpaired) electrons. The highest BCUT2D eigenvalue weighted by atomic mass is 19.4. The van der Waals surface area contributed by atoms with Crippen molar-refractivity contribution in [3.63, 3.8) is 0 Å². The van der Waals surface area contributed by atoms with E-state index in [0.29, 0.717) is 0 Å². The molecule has 6 nitrogen and oxygen atoms in total. The minimum atomic E-state index is -4.37. The van der Waals surface area contributed by atoms with Crippen molar-refractivity contribution < 1.29 is 31.9 Å². The van der Waals surface area contributed by atoms with Crippen molar-refractivity contribution in [3.05, 3.63) is 24.2 Å². The molecule has 1 rings (SSSR count). The van der Waals surface area contributed by atoms with Gasteiger partial charge in [0.15, 0.2) is 5.76 Å². The van der Waals surface area contributed by atoms with Crippen LogP contribution in [0.1, 0.15) is 17.0 Å². The van der Waals surface area contributed by atoms with E-state index >= 15 is 0 Å². The molecule has 1 aromatic heterocycles. The average Bonchev–Trinajstić information content (AvgIpc) is 2.90. The third-order valence-electron chi connectivity index (χ3n) is 2.22. The van der Waals surface area contributed by atoms with E-state index in [0.717, 1.165) is 0 Å². The topological polar surface area (TPSA) is 80.6 Å². The number of rotatable bonds is 8. The van der Waals surface area contributed by atoms with Crippen molar-refractivity contribution in [1.82, 2.24) is 10.6 Å². The zero-order valence-corrected chi connectivity index (χ0v) is 11.0. The molecule has 0 unspecified atom stereocenters. The quantitative estimate of drug-likeness (QED) is 0.705. The second kappa shape index (κ2) is 8.30. The lowest BCUT2D eigenvalue weighted by Crippen LogP contribution is -2.32. The van der Waals surface area contributed by atoms with Gasteiger partial charge in [-0.1, -0.05) is 0 Å². The number of carbonyl (C=O) groups is 2. The highest BCUT2D eigenvalue weighted by Gasteiger charge is 2.27. The molecule has 2 amide bonds. The van der Waals surface area contributed by atoms with Crippen LogP contribution in [0.15, 0.2) is 22.8 Å². The molecule has 0 atom stereocenters. The van der Waals surface area contributed by atoms with Crippen LogP contribution >= 0.6 is 0 Å². The molecule has 0 bridgehead atoms. The lowest BCUT2D eigenvalue weighted by molar-refractivity contribution is -0.173. The van der Waals surface area contributed by atoms with Gasteiger partial charge in [-0.25, -0.2) is 0 Å². The fourth-order valence-corrected chi connectivity index (χ4v) is 1.32. The zero-order chi connectivity index (χ0) is 15.7. The summed E-state index contributed by atoms with van der Waals surface area (Å²) in [6.07, 6.45) is -3.02. The van der Waals surface area contributed by atoms with E-state index in [1.54, 1.807) is 6.07 Å². The predicted octanol–water partition coefficient (Wildman–Crippen LogP) is 1.09. The van der Waals surface area contributed by atoms with Gasteiger partial charge in [-0.15, -0.1) is 0 Å². The molecule has 0 aliphatic heterocycles. The van der Waals surface area contributed by atoms with Crippen molar-refractivity contribution in [2.75, 3.05) is 26.3 Å². The maximum atomic E-state index is 11.7. The number of amides is 2. The van der Waals surface area contributed by atoms with E-state index in [9.17, 15) is 22.8 Å². The van der Waals surface area contributed by atoms with Crippen LogP contribution in [-0.2, 0) is 9.53 Å². The van der Waals surface area contributed by atoms with Gasteiger partial charge in [0.25, 0.3) is 5.91 Å². The number of halogens is 3. The number of furan rings is 1. The lowest BCUT2D eigenvalue weighted by Gasteiger charge is -2.08. The third-order valence-corrected chi connectivity index (χ3v) is 2.22. The molecule has 2 N–H and O–H groups in total. The molecule has 0 saturated heterocycles. The highest BCUT2D eigenvalue weighted by Crippen LogP contribution is 2.13. The molecule has 0 spiro atoms. The van der Waals surface area contributed by atoms with Crippen LogP contribution < -0.4 is 10.6 Å². The van der Waals surface area contributed by atoms with Gasteiger partial charge >= 0.3 is 6.18 Å². The van der Waals surface area contributed by atoms with Crippen molar-refractivity contribution in [1.29, 1.82) is 0 Å². The van der Waals surface area contributed by atoms with Gasteiger partial charge in [-0.2, -0.15) is 13.2 Å². The molecular formula is C12H15F3N2O4. The Morgan fingerprint density at radius 1 is 1.24 bits per heavy atom. The molecular weight excluding hydrogens is 293 g/mol. The Kier molecular flexibility index (Phi) is 6.73. The predicted molar refractivity (Wildman–Crippen MR) is 65.5 cm³/mol. The largest absolute Gasteiger partial charge is 0.459 e. The first kappa shape index (κ1) is 17.0. The van der Waals surface area contributed by atoms with E-state index < -0.39 is 24.6 Å². The van der Waals surface area contributed by atoms with Crippen LogP contribution in [0.25, 0.3) is 0 Å². The molecule has 1 aromatic rings. The average molecular weight is 308 g/mol. The Morgan fingerprint density at radius 2 is 2.00 bits per heavy atom. The monoisotopic (exact) mass is 308 g/mol. The summed E-state index contributed by atoms with van der Waals surface area (Å²) in [5, 5.41) is 4.84. The number of hydrogen-bond acceptors (Lipinski definition) is 4. The Hall–Kier alpha value is -2.03. The van der Waals surface area contributed by atoms with Gasteiger partial charge in [-0.3, -0.25) is 9.59 Å². The van der Waals surface area contributed by atoms with Crippen LogP contribution in [0.3, 0.4) is 0 Å². The van der Waals surface area contributed by atoms with Gasteiger partial charge < -0.3 is 19.8 Å². The van der Waals surface area contributed by atoms with Crippen molar-refractivity contribution >= 4 is 11.8 Å². The molecule has 0 aliphatic carbocycles. The van der Waals surface area contributed by atoms with Crippen LogP contribution in [-0.4, -0.2) is 44.3 Å². The van der Waals surface area contributed by atoms with Crippen LogP contribution in [0.2, 0.25) is 0 Å². The molecule has 0 aliphatic rings. The smallest absolute Gasteiger partial charge is 0.411 e. The maximum absolute atomic E-state index is 11.7. The van der Waals surface area contributed by atoms with E-state index in [2.05, 4.69) is 15.4 Å². The summed E-state index contributed by atoms with van der Waals surface area (Å²) in [5.41, 5.74) is 0. The molecule has 21 heavy (non-hydrogen) atoms. The Bertz CT molecular complexity index is 446. The Morgan fingerprint density at radius 3 is 2.62 bits per heavy atom.